The van der Waals surface area contributed by atoms with Gasteiger partial charge in [-0.05, 0) is 17.2 Å². The van der Waals surface area contributed by atoms with Gasteiger partial charge in [0.05, 0.1) is 12.5 Å². The smallest absolute Gasteiger partial charge is 0.225 e. The fourth-order valence-electron chi connectivity index (χ4n) is 2.67. The molecule has 1 atom stereocenters. The highest BCUT2D eigenvalue weighted by atomic mass is 16.2. The van der Waals surface area contributed by atoms with Gasteiger partial charge in [-0.1, -0.05) is 48.5 Å². The van der Waals surface area contributed by atoms with Crippen LogP contribution in [0.5, 0.6) is 0 Å². The zero-order valence-corrected chi connectivity index (χ0v) is 12.6. The minimum Gasteiger partial charge on any atom is -0.361 e. The topological polar surface area (TPSA) is 62.0 Å². The molecular weight excluding hydrogens is 288 g/mol. The Morgan fingerprint density at radius 3 is 2.61 bits per heavy atom. The molecular formula is C19H17N2O2. The highest BCUT2D eigenvalue weighted by Crippen LogP contribution is 2.18. The molecule has 3 aromatic rings. The first kappa shape index (κ1) is 15.0. The van der Waals surface area contributed by atoms with Gasteiger partial charge >= 0.3 is 0 Å². The second kappa shape index (κ2) is 6.92. The molecule has 1 heterocycles. The van der Waals surface area contributed by atoms with Crippen LogP contribution in [0.1, 0.15) is 11.1 Å². The summed E-state index contributed by atoms with van der Waals surface area (Å²) < 4.78 is 0. The quantitative estimate of drug-likeness (QED) is 0.735. The maximum absolute atomic E-state index is 12.1. The van der Waals surface area contributed by atoms with Crippen LogP contribution in [-0.4, -0.2) is 23.2 Å². The summed E-state index contributed by atoms with van der Waals surface area (Å²) in [5, 5.41) is 3.80. The number of nitrogens with one attached hydrogen (secondary N) is 2. The predicted molar refractivity (Wildman–Crippen MR) is 89.8 cm³/mol. The fraction of sp³-hybridized carbons (Fsp3) is 0.158. The van der Waals surface area contributed by atoms with E-state index in [4.69, 9.17) is 0 Å². The van der Waals surface area contributed by atoms with Gasteiger partial charge < -0.3 is 10.3 Å². The number of amides is 1. The van der Waals surface area contributed by atoms with E-state index >= 15 is 0 Å². The number of aromatic amines is 1. The Morgan fingerprint density at radius 1 is 1.09 bits per heavy atom. The van der Waals surface area contributed by atoms with Crippen LogP contribution in [0.2, 0.25) is 0 Å². The van der Waals surface area contributed by atoms with Gasteiger partial charge in [0.1, 0.15) is 0 Å². The summed E-state index contributed by atoms with van der Waals surface area (Å²) in [6.07, 6.45) is 4.48. The molecule has 1 radical (unpaired) electrons. The molecule has 23 heavy (non-hydrogen) atoms. The van der Waals surface area contributed by atoms with Crippen LogP contribution in [0, 0.1) is 0 Å². The van der Waals surface area contributed by atoms with Crippen LogP contribution in [0.15, 0.2) is 60.8 Å². The molecule has 1 amide bonds. The fourth-order valence-corrected chi connectivity index (χ4v) is 2.67. The molecule has 2 aromatic carbocycles. The lowest BCUT2D eigenvalue weighted by Gasteiger charge is -2.12. The number of hydrogen-bond donors (Lipinski definition) is 2. The Bertz CT molecular complexity index is 808. The molecule has 0 spiro atoms. The average Bonchev–Trinajstić information content (AvgIpc) is 2.98. The van der Waals surface area contributed by atoms with E-state index in [1.807, 2.05) is 67.1 Å². The van der Waals surface area contributed by atoms with Crippen LogP contribution in [0.3, 0.4) is 0 Å². The highest BCUT2D eigenvalue weighted by Gasteiger charge is 2.15. The molecule has 0 aliphatic carbocycles. The summed E-state index contributed by atoms with van der Waals surface area (Å²) >= 11 is 0. The van der Waals surface area contributed by atoms with Crippen molar-refractivity contribution < 1.29 is 9.59 Å². The zero-order chi connectivity index (χ0) is 16.1. The van der Waals surface area contributed by atoms with E-state index in [-0.39, 0.29) is 12.3 Å². The lowest BCUT2D eigenvalue weighted by atomic mass is 10.1. The van der Waals surface area contributed by atoms with Crippen LogP contribution >= 0.6 is 0 Å². The van der Waals surface area contributed by atoms with E-state index in [0.29, 0.717) is 6.42 Å². The molecule has 2 N–H and O–H groups in total. The van der Waals surface area contributed by atoms with Crippen molar-refractivity contribution in [1.82, 2.24) is 10.3 Å². The number of H-pyrrole nitrogens is 1. The number of aromatic nitrogens is 1. The van der Waals surface area contributed by atoms with Gasteiger partial charge in [-0.15, -0.1) is 0 Å². The molecule has 0 aliphatic rings. The molecule has 0 aliphatic heterocycles. The van der Waals surface area contributed by atoms with Crippen molar-refractivity contribution in [1.29, 1.82) is 0 Å². The van der Waals surface area contributed by atoms with Crippen molar-refractivity contribution in [3.8, 4) is 0 Å². The third-order valence-corrected chi connectivity index (χ3v) is 3.78. The van der Waals surface area contributed by atoms with Gasteiger partial charge in [0.2, 0.25) is 12.2 Å². The van der Waals surface area contributed by atoms with Crippen LogP contribution in [0.4, 0.5) is 0 Å². The molecule has 0 saturated carbocycles. The summed E-state index contributed by atoms with van der Waals surface area (Å²) in [5.74, 6) is -0.176. The van der Waals surface area contributed by atoms with E-state index in [2.05, 4.69) is 10.3 Å². The summed E-state index contributed by atoms with van der Waals surface area (Å²) in [4.78, 5) is 26.4. The van der Waals surface area contributed by atoms with Gasteiger partial charge in [0.25, 0.3) is 0 Å². The molecule has 1 aromatic heterocycles. The molecule has 0 saturated heterocycles. The van der Waals surface area contributed by atoms with Crippen molar-refractivity contribution >= 4 is 23.1 Å². The van der Waals surface area contributed by atoms with Gasteiger partial charge in [-0.25, -0.2) is 0 Å². The Morgan fingerprint density at radius 2 is 1.83 bits per heavy atom. The van der Waals surface area contributed by atoms with Crippen molar-refractivity contribution in [3.05, 3.63) is 71.9 Å². The second-order valence-electron chi connectivity index (χ2n) is 5.46. The van der Waals surface area contributed by atoms with E-state index in [9.17, 15) is 9.59 Å². The average molecular weight is 305 g/mol. The van der Waals surface area contributed by atoms with E-state index in [0.717, 1.165) is 22.0 Å². The first-order valence-electron chi connectivity index (χ1n) is 7.52. The molecule has 4 nitrogen and oxygen atoms in total. The lowest BCUT2D eigenvalue weighted by molar-refractivity contribution is -0.120. The summed E-state index contributed by atoms with van der Waals surface area (Å²) in [5.41, 5.74) is 2.93. The first-order chi connectivity index (χ1) is 11.3. The molecule has 0 bridgehead atoms. The number of rotatable bonds is 6. The lowest BCUT2D eigenvalue weighted by Crippen LogP contribution is -2.38. The normalized spacial score (nSPS) is 12.0. The van der Waals surface area contributed by atoms with Crippen LogP contribution in [-0.2, 0) is 22.4 Å². The monoisotopic (exact) mass is 305 g/mol. The van der Waals surface area contributed by atoms with E-state index in [1.165, 1.54) is 0 Å². The standard InChI is InChI=1S/C19H17N2O2/c22-13-16(21-19(23)10-14-6-2-1-3-7-14)11-15-12-20-18-9-5-4-8-17(15)18/h1-9,12,16,20H,10-11H2,(H,21,23)/t16-/m0/s1. The summed E-state index contributed by atoms with van der Waals surface area (Å²) in [6.45, 7) is 0. The van der Waals surface area contributed by atoms with Crippen molar-refractivity contribution in [2.24, 2.45) is 0 Å². The number of carbonyl (C=O) groups is 1. The van der Waals surface area contributed by atoms with E-state index < -0.39 is 6.04 Å². The molecule has 4 heteroatoms. The number of hydrogen-bond acceptors (Lipinski definition) is 2. The van der Waals surface area contributed by atoms with Gasteiger partial charge in [0, 0.05) is 23.5 Å². The number of para-hydroxylation sites is 1. The first-order valence-corrected chi connectivity index (χ1v) is 7.52. The summed E-state index contributed by atoms with van der Waals surface area (Å²) in [6, 6.07) is 16.7. The number of fused-ring (bicyclic) bond motifs is 1. The Balaban J connectivity index is 1.66. The zero-order valence-electron chi connectivity index (χ0n) is 12.6. The van der Waals surface area contributed by atoms with Crippen molar-refractivity contribution in [3.63, 3.8) is 0 Å². The van der Waals surface area contributed by atoms with E-state index in [1.54, 1.807) is 0 Å². The third-order valence-electron chi connectivity index (χ3n) is 3.78. The number of benzene rings is 2. The van der Waals surface area contributed by atoms with Crippen LogP contribution < -0.4 is 5.32 Å². The molecule has 3 rings (SSSR count). The van der Waals surface area contributed by atoms with Crippen molar-refractivity contribution in [2.75, 3.05) is 0 Å². The summed E-state index contributed by atoms with van der Waals surface area (Å²) in [7, 11) is 0. The maximum atomic E-state index is 12.1. The highest BCUT2D eigenvalue weighted by molar-refractivity contribution is 5.85. The molecule has 0 unspecified atom stereocenters. The maximum Gasteiger partial charge on any atom is 0.225 e. The Hall–Kier alpha value is -2.88. The minimum absolute atomic E-state index is 0.176. The second-order valence-corrected chi connectivity index (χ2v) is 5.46. The number of carbonyl (C=O) groups excluding carboxylic acids is 2. The largest absolute Gasteiger partial charge is 0.361 e. The minimum atomic E-state index is -0.648. The molecule has 115 valence electrons. The molecule has 0 fully saturated rings. The van der Waals surface area contributed by atoms with Crippen LogP contribution in [0.25, 0.3) is 10.9 Å². The van der Waals surface area contributed by atoms with Gasteiger partial charge in [-0.2, -0.15) is 0 Å². The Kier molecular flexibility index (Phi) is 4.52. The van der Waals surface area contributed by atoms with Crippen molar-refractivity contribution in [2.45, 2.75) is 18.9 Å². The van der Waals surface area contributed by atoms with Gasteiger partial charge in [-0.3, -0.25) is 9.59 Å². The Labute approximate surface area is 134 Å². The van der Waals surface area contributed by atoms with Gasteiger partial charge in [0.15, 0.2) is 0 Å². The SMILES string of the molecule is O=[C][C@H](Cc1c[nH]c2ccccc12)NC(=O)Cc1ccccc1. The third kappa shape index (κ3) is 3.66. The predicted octanol–water partition coefficient (Wildman–Crippen LogP) is 2.55.